The average molecular weight is 285 g/mol. The van der Waals surface area contributed by atoms with Gasteiger partial charge in [0.2, 0.25) is 5.91 Å². The molecule has 2 saturated heterocycles. The Bertz CT molecular complexity index is 663. The summed E-state index contributed by atoms with van der Waals surface area (Å²) in [5.74, 6) is 0.285. The van der Waals surface area contributed by atoms with Gasteiger partial charge in [0.05, 0.1) is 5.41 Å². The van der Waals surface area contributed by atoms with Crippen LogP contribution in [0.3, 0.4) is 0 Å². The number of benzene rings is 1. The molecule has 110 valence electrons. The minimum atomic E-state index is -0.229. The van der Waals surface area contributed by atoms with E-state index in [1.807, 2.05) is 36.2 Å². The van der Waals surface area contributed by atoms with E-state index < -0.39 is 0 Å². The maximum atomic E-state index is 12.5. The molecule has 0 saturated carbocycles. The van der Waals surface area contributed by atoms with Gasteiger partial charge >= 0.3 is 0 Å². The van der Waals surface area contributed by atoms with Crippen LogP contribution in [-0.4, -0.2) is 42.5 Å². The quantitative estimate of drug-likeness (QED) is 0.806. The topological polar surface area (TPSA) is 49.6 Å². The molecule has 0 N–H and O–H groups in total. The molecule has 0 unspecified atom stereocenters. The number of fused-ring (bicyclic) bond motifs is 1. The summed E-state index contributed by atoms with van der Waals surface area (Å²) in [6.07, 6.45) is 2.96. The number of para-hydroxylation sites is 2. The number of hydrogen-bond acceptors (Lipinski definition) is 4. The Morgan fingerprint density at radius 2 is 2.10 bits per heavy atom. The fourth-order valence-electron chi connectivity index (χ4n) is 3.68. The molecule has 2 aliphatic rings. The van der Waals surface area contributed by atoms with Gasteiger partial charge in [-0.25, -0.2) is 0 Å². The van der Waals surface area contributed by atoms with Crippen molar-refractivity contribution in [2.24, 2.45) is 5.41 Å². The Morgan fingerprint density at radius 3 is 2.95 bits per heavy atom. The monoisotopic (exact) mass is 285 g/mol. The minimum absolute atomic E-state index is 0.229. The zero-order valence-corrected chi connectivity index (χ0v) is 12.2. The SMILES string of the molecule is CN1CCC[C@@]2(CCN(c3nc4ccccc4o3)C2)C1=O. The fourth-order valence-corrected chi connectivity index (χ4v) is 3.68. The van der Waals surface area contributed by atoms with Crippen molar-refractivity contribution in [3.63, 3.8) is 0 Å². The van der Waals surface area contributed by atoms with Gasteiger partial charge in [-0.3, -0.25) is 4.79 Å². The number of carbonyl (C=O) groups is 1. The molecule has 4 rings (SSSR count). The van der Waals surface area contributed by atoms with Crippen molar-refractivity contribution < 1.29 is 9.21 Å². The summed E-state index contributed by atoms with van der Waals surface area (Å²) in [6.45, 7) is 2.44. The van der Waals surface area contributed by atoms with Gasteiger partial charge in [-0.1, -0.05) is 12.1 Å². The van der Waals surface area contributed by atoms with Crippen LogP contribution in [0.25, 0.3) is 11.1 Å². The second kappa shape index (κ2) is 4.48. The van der Waals surface area contributed by atoms with Crippen molar-refractivity contribution in [1.29, 1.82) is 0 Å². The van der Waals surface area contributed by atoms with Gasteiger partial charge in [0.15, 0.2) is 5.58 Å². The Kier molecular flexibility index (Phi) is 2.71. The van der Waals surface area contributed by atoms with Crippen LogP contribution in [0.1, 0.15) is 19.3 Å². The van der Waals surface area contributed by atoms with Crippen LogP contribution in [0, 0.1) is 5.41 Å². The van der Waals surface area contributed by atoms with Gasteiger partial charge in [0.1, 0.15) is 5.52 Å². The van der Waals surface area contributed by atoms with E-state index in [0.29, 0.717) is 6.01 Å². The van der Waals surface area contributed by atoms with E-state index in [9.17, 15) is 4.79 Å². The van der Waals surface area contributed by atoms with Crippen molar-refractivity contribution in [1.82, 2.24) is 9.88 Å². The molecule has 5 heteroatoms. The minimum Gasteiger partial charge on any atom is -0.423 e. The van der Waals surface area contributed by atoms with Gasteiger partial charge in [-0.2, -0.15) is 4.98 Å². The molecule has 3 heterocycles. The molecule has 0 aliphatic carbocycles. The molecule has 1 atom stereocenters. The molecule has 0 bridgehead atoms. The highest BCUT2D eigenvalue weighted by atomic mass is 16.4. The van der Waals surface area contributed by atoms with E-state index in [1.165, 1.54) is 0 Å². The normalized spacial score (nSPS) is 26.2. The van der Waals surface area contributed by atoms with E-state index >= 15 is 0 Å². The molecule has 2 aromatic rings. The summed E-state index contributed by atoms with van der Waals surface area (Å²) in [5.41, 5.74) is 1.45. The maximum Gasteiger partial charge on any atom is 0.298 e. The second-order valence-corrected chi connectivity index (χ2v) is 6.25. The molecule has 1 amide bonds. The van der Waals surface area contributed by atoms with Gasteiger partial charge < -0.3 is 14.2 Å². The standard InChI is InChI=1S/C16H19N3O2/c1-18-9-4-7-16(14(18)20)8-10-19(11-16)15-17-12-5-2-3-6-13(12)21-15/h2-3,5-6H,4,7-11H2,1H3/t16-/m0/s1. The van der Waals surface area contributed by atoms with E-state index in [0.717, 1.165) is 50.0 Å². The molecule has 1 aromatic heterocycles. The van der Waals surface area contributed by atoms with E-state index in [2.05, 4.69) is 9.88 Å². The van der Waals surface area contributed by atoms with Crippen LogP contribution >= 0.6 is 0 Å². The number of piperidine rings is 1. The van der Waals surface area contributed by atoms with Gasteiger partial charge in [-0.05, 0) is 31.4 Å². The molecule has 2 fully saturated rings. The molecular formula is C16H19N3O2. The number of rotatable bonds is 1. The molecule has 1 aromatic carbocycles. The first-order chi connectivity index (χ1) is 10.2. The number of likely N-dealkylation sites (tertiary alicyclic amines) is 1. The number of amides is 1. The predicted octanol–water partition coefficient (Wildman–Crippen LogP) is 2.28. The van der Waals surface area contributed by atoms with Crippen molar-refractivity contribution in [2.75, 3.05) is 31.6 Å². The number of carbonyl (C=O) groups excluding carboxylic acids is 1. The summed E-state index contributed by atoms with van der Waals surface area (Å²) >= 11 is 0. The van der Waals surface area contributed by atoms with E-state index in [4.69, 9.17) is 4.42 Å². The first kappa shape index (κ1) is 12.7. The summed E-state index contributed by atoms with van der Waals surface area (Å²) in [7, 11) is 1.91. The number of hydrogen-bond donors (Lipinski definition) is 0. The maximum absolute atomic E-state index is 12.5. The Balaban J connectivity index is 1.62. The van der Waals surface area contributed by atoms with Crippen LogP contribution in [0.5, 0.6) is 0 Å². The fraction of sp³-hybridized carbons (Fsp3) is 0.500. The van der Waals surface area contributed by atoms with Crippen molar-refractivity contribution in [2.45, 2.75) is 19.3 Å². The summed E-state index contributed by atoms with van der Waals surface area (Å²) in [6, 6.07) is 8.43. The average Bonchev–Trinajstić information content (AvgIpc) is 3.09. The molecule has 2 aliphatic heterocycles. The van der Waals surface area contributed by atoms with Crippen LogP contribution in [-0.2, 0) is 4.79 Å². The Hall–Kier alpha value is -2.04. The molecule has 21 heavy (non-hydrogen) atoms. The van der Waals surface area contributed by atoms with Crippen molar-refractivity contribution in [3.05, 3.63) is 24.3 Å². The lowest BCUT2D eigenvalue weighted by Crippen LogP contribution is -2.48. The zero-order valence-electron chi connectivity index (χ0n) is 12.2. The van der Waals surface area contributed by atoms with Crippen molar-refractivity contribution in [3.8, 4) is 0 Å². The Labute approximate surface area is 123 Å². The van der Waals surface area contributed by atoms with E-state index in [-0.39, 0.29) is 11.3 Å². The number of nitrogens with zero attached hydrogens (tertiary/aromatic N) is 3. The highest BCUT2D eigenvalue weighted by Gasteiger charge is 2.48. The lowest BCUT2D eigenvalue weighted by Gasteiger charge is -2.37. The van der Waals surface area contributed by atoms with Crippen LogP contribution in [0.2, 0.25) is 0 Å². The lowest BCUT2D eigenvalue weighted by atomic mass is 9.78. The van der Waals surface area contributed by atoms with Crippen LogP contribution < -0.4 is 4.90 Å². The zero-order chi connectivity index (χ0) is 14.4. The number of anilines is 1. The van der Waals surface area contributed by atoms with Gasteiger partial charge in [0, 0.05) is 26.7 Å². The van der Waals surface area contributed by atoms with Gasteiger partial charge in [-0.15, -0.1) is 0 Å². The van der Waals surface area contributed by atoms with Gasteiger partial charge in [0.25, 0.3) is 6.01 Å². The first-order valence-corrected chi connectivity index (χ1v) is 7.54. The number of aromatic nitrogens is 1. The predicted molar refractivity (Wildman–Crippen MR) is 80.1 cm³/mol. The largest absolute Gasteiger partial charge is 0.423 e. The third kappa shape index (κ3) is 1.91. The second-order valence-electron chi connectivity index (χ2n) is 6.25. The Morgan fingerprint density at radius 1 is 1.24 bits per heavy atom. The molecular weight excluding hydrogens is 266 g/mol. The first-order valence-electron chi connectivity index (χ1n) is 7.54. The molecule has 5 nitrogen and oxygen atoms in total. The van der Waals surface area contributed by atoms with Crippen LogP contribution in [0.15, 0.2) is 28.7 Å². The summed E-state index contributed by atoms with van der Waals surface area (Å²) < 4.78 is 5.84. The lowest BCUT2D eigenvalue weighted by molar-refractivity contribution is -0.143. The summed E-state index contributed by atoms with van der Waals surface area (Å²) in [4.78, 5) is 21.1. The smallest absolute Gasteiger partial charge is 0.298 e. The highest BCUT2D eigenvalue weighted by Crippen LogP contribution is 2.41. The van der Waals surface area contributed by atoms with Crippen LogP contribution in [0.4, 0.5) is 6.01 Å². The third-order valence-corrected chi connectivity index (χ3v) is 4.86. The molecule has 1 spiro atoms. The summed E-state index contributed by atoms with van der Waals surface area (Å²) in [5, 5.41) is 0. The van der Waals surface area contributed by atoms with E-state index in [1.54, 1.807) is 0 Å². The third-order valence-electron chi connectivity index (χ3n) is 4.86. The van der Waals surface area contributed by atoms with Crippen molar-refractivity contribution >= 4 is 23.0 Å². The number of oxazole rings is 1. The highest BCUT2D eigenvalue weighted by molar-refractivity contribution is 5.85. The molecule has 0 radical (unpaired) electrons.